The van der Waals surface area contributed by atoms with Crippen molar-refractivity contribution in [1.82, 2.24) is 9.97 Å². The first kappa shape index (κ1) is 10.9. The number of nitrogens with zero attached hydrogens (tertiary/aromatic N) is 1. The normalized spacial score (nSPS) is 8.75. The van der Waals surface area contributed by atoms with Gasteiger partial charge in [0.25, 0.3) is 5.56 Å². The molecular weight excluding hydrogens is 152 g/mol. The van der Waals surface area contributed by atoms with Gasteiger partial charge in [0.2, 0.25) is 0 Å². The van der Waals surface area contributed by atoms with Crippen LogP contribution in [0.2, 0.25) is 0 Å². The van der Waals surface area contributed by atoms with Gasteiger partial charge < -0.3 is 4.98 Å². The molecule has 1 rings (SSSR count). The summed E-state index contributed by atoms with van der Waals surface area (Å²) in [6, 6.07) is 0. The number of aromatic nitrogens is 2. The van der Waals surface area contributed by atoms with Crippen molar-refractivity contribution in [2.75, 3.05) is 0 Å². The Labute approximate surface area is 72.9 Å². The third-order valence-corrected chi connectivity index (χ3v) is 1.51. The van der Waals surface area contributed by atoms with Gasteiger partial charge in [-0.2, -0.15) is 0 Å². The van der Waals surface area contributed by atoms with Crippen molar-refractivity contribution in [3.8, 4) is 0 Å². The molecule has 3 nitrogen and oxygen atoms in total. The van der Waals surface area contributed by atoms with Gasteiger partial charge in [-0.1, -0.05) is 13.8 Å². The molecule has 1 aromatic rings. The molecule has 0 aliphatic heterocycles. The van der Waals surface area contributed by atoms with Crippen LogP contribution in [-0.2, 0) is 0 Å². The van der Waals surface area contributed by atoms with Crippen LogP contribution in [0, 0.1) is 20.8 Å². The fourth-order valence-electron chi connectivity index (χ4n) is 0.737. The molecule has 0 unspecified atom stereocenters. The van der Waals surface area contributed by atoms with E-state index in [9.17, 15) is 4.79 Å². The highest BCUT2D eigenvalue weighted by Crippen LogP contribution is 1.94. The van der Waals surface area contributed by atoms with Gasteiger partial charge in [-0.15, -0.1) is 0 Å². The van der Waals surface area contributed by atoms with Gasteiger partial charge in [-0.25, -0.2) is 0 Å². The summed E-state index contributed by atoms with van der Waals surface area (Å²) in [4.78, 5) is 17.6. The van der Waals surface area contributed by atoms with Crippen LogP contribution in [-0.4, -0.2) is 9.97 Å². The molecule has 0 spiro atoms. The quantitative estimate of drug-likeness (QED) is 0.641. The van der Waals surface area contributed by atoms with Gasteiger partial charge in [-0.3, -0.25) is 9.78 Å². The van der Waals surface area contributed by atoms with Gasteiger partial charge in [0, 0.05) is 5.69 Å². The van der Waals surface area contributed by atoms with Crippen molar-refractivity contribution in [3.05, 3.63) is 27.4 Å². The second-order valence-corrected chi connectivity index (χ2v) is 2.36. The van der Waals surface area contributed by atoms with Crippen LogP contribution in [0.15, 0.2) is 4.79 Å². The predicted octanol–water partition coefficient (Wildman–Crippen LogP) is 1.72. The predicted molar refractivity (Wildman–Crippen MR) is 50.4 cm³/mol. The van der Waals surface area contributed by atoms with Crippen LogP contribution in [0.4, 0.5) is 0 Å². The fraction of sp³-hybridized carbons (Fsp3) is 0.556. The van der Waals surface area contributed by atoms with E-state index in [1.807, 2.05) is 27.7 Å². The number of H-pyrrole nitrogens is 1. The van der Waals surface area contributed by atoms with Crippen LogP contribution >= 0.6 is 0 Å². The van der Waals surface area contributed by atoms with E-state index in [1.54, 1.807) is 6.92 Å². The van der Waals surface area contributed by atoms with Crippen LogP contribution in [0.25, 0.3) is 0 Å². The molecule has 3 heteroatoms. The largest absolute Gasteiger partial charge is 0.323 e. The average Bonchev–Trinajstić information content (AvgIpc) is 2.05. The maximum Gasteiger partial charge on any atom is 0.269 e. The number of hydrogen-bond acceptors (Lipinski definition) is 2. The van der Waals surface area contributed by atoms with Crippen LogP contribution in [0.5, 0.6) is 0 Å². The second kappa shape index (κ2) is 4.70. The number of aryl methyl sites for hydroxylation is 3. The summed E-state index contributed by atoms with van der Waals surface area (Å²) >= 11 is 0. The molecule has 0 saturated carbocycles. The molecule has 12 heavy (non-hydrogen) atoms. The van der Waals surface area contributed by atoms with Crippen LogP contribution in [0.1, 0.15) is 30.9 Å². The zero-order valence-corrected chi connectivity index (χ0v) is 8.36. The first-order chi connectivity index (χ1) is 5.61. The molecule has 0 atom stereocenters. The van der Waals surface area contributed by atoms with E-state index in [0.29, 0.717) is 5.69 Å². The lowest BCUT2D eigenvalue weighted by atomic mass is 10.3. The molecule has 0 radical (unpaired) electrons. The third kappa shape index (κ3) is 2.49. The SMILES string of the molecule is CC.Cc1nc(C)c(=O)[nH]c1C. The Bertz CT molecular complexity index is 302. The van der Waals surface area contributed by atoms with E-state index >= 15 is 0 Å². The van der Waals surface area contributed by atoms with Crippen molar-refractivity contribution in [3.63, 3.8) is 0 Å². The highest BCUT2D eigenvalue weighted by molar-refractivity contribution is 5.09. The first-order valence-electron chi connectivity index (χ1n) is 4.15. The fourth-order valence-corrected chi connectivity index (χ4v) is 0.737. The minimum Gasteiger partial charge on any atom is -0.323 e. The summed E-state index contributed by atoms with van der Waals surface area (Å²) in [7, 11) is 0. The Hall–Kier alpha value is -1.12. The topological polar surface area (TPSA) is 45.8 Å². The van der Waals surface area contributed by atoms with E-state index in [1.165, 1.54) is 0 Å². The lowest BCUT2D eigenvalue weighted by Gasteiger charge is -1.97. The molecule has 1 N–H and O–H groups in total. The molecule has 0 saturated heterocycles. The minimum absolute atomic E-state index is 0.0944. The maximum atomic E-state index is 10.9. The highest BCUT2D eigenvalue weighted by Gasteiger charge is 1.97. The molecule has 0 aliphatic rings. The van der Waals surface area contributed by atoms with E-state index in [-0.39, 0.29) is 5.56 Å². The first-order valence-corrected chi connectivity index (χ1v) is 4.15. The number of nitrogens with one attached hydrogen (secondary N) is 1. The number of aromatic amines is 1. The summed E-state index contributed by atoms with van der Waals surface area (Å²) in [6.07, 6.45) is 0. The van der Waals surface area contributed by atoms with Crippen molar-refractivity contribution in [1.29, 1.82) is 0 Å². The van der Waals surface area contributed by atoms with Crippen molar-refractivity contribution in [2.24, 2.45) is 0 Å². The lowest BCUT2D eigenvalue weighted by molar-refractivity contribution is 0.965. The molecular formula is C9H16N2O. The monoisotopic (exact) mass is 168 g/mol. The Morgan fingerprint density at radius 1 is 1.08 bits per heavy atom. The van der Waals surface area contributed by atoms with Crippen molar-refractivity contribution in [2.45, 2.75) is 34.6 Å². The van der Waals surface area contributed by atoms with Gasteiger partial charge in [0.15, 0.2) is 0 Å². The standard InChI is InChI=1S/C7H10N2O.C2H6/c1-4-5(2)9-7(10)6(3)8-4;1-2/h1-3H3,(H,9,10);1-2H3. The molecule has 0 amide bonds. The van der Waals surface area contributed by atoms with E-state index in [4.69, 9.17) is 0 Å². The van der Waals surface area contributed by atoms with Crippen LogP contribution in [0.3, 0.4) is 0 Å². The summed E-state index contributed by atoms with van der Waals surface area (Å²) in [6.45, 7) is 9.41. The Morgan fingerprint density at radius 2 is 1.58 bits per heavy atom. The van der Waals surface area contributed by atoms with Gasteiger partial charge in [0.1, 0.15) is 5.69 Å². The summed E-state index contributed by atoms with van der Waals surface area (Å²) in [5.74, 6) is 0. The Balaban J connectivity index is 0.000000561. The van der Waals surface area contributed by atoms with Crippen molar-refractivity contribution < 1.29 is 0 Å². The zero-order chi connectivity index (χ0) is 9.72. The molecule has 68 valence electrons. The smallest absolute Gasteiger partial charge is 0.269 e. The summed E-state index contributed by atoms with van der Waals surface area (Å²) < 4.78 is 0. The van der Waals surface area contributed by atoms with Crippen LogP contribution < -0.4 is 5.56 Å². The lowest BCUT2D eigenvalue weighted by Crippen LogP contribution is -2.14. The third-order valence-electron chi connectivity index (χ3n) is 1.51. The molecule has 0 aromatic carbocycles. The van der Waals surface area contributed by atoms with E-state index in [2.05, 4.69) is 9.97 Å². The summed E-state index contributed by atoms with van der Waals surface area (Å²) in [5, 5.41) is 0. The zero-order valence-electron chi connectivity index (χ0n) is 8.36. The van der Waals surface area contributed by atoms with Gasteiger partial charge in [-0.05, 0) is 20.8 Å². The minimum atomic E-state index is -0.0944. The molecule has 0 aliphatic carbocycles. The van der Waals surface area contributed by atoms with E-state index < -0.39 is 0 Å². The van der Waals surface area contributed by atoms with Gasteiger partial charge >= 0.3 is 0 Å². The maximum absolute atomic E-state index is 10.9. The molecule has 1 aromatic heterocycles. The molecule has 1 heterocycles. The van der Waals surface area contributed by atoms with Gasteiger partial charge in [0.05, 0.1) is 5.69 Å². The second-order valence-electron chi connectivity index (χ2n) is 2.36. The molecule has 0 fully saturated rings. The Kier molecular flexibility index (Phi) is 4.26. The van der Waals surface area contributed by atoms with Crippen molar-refractivity contribution >= 4 is 0 Å². The van der Waals surface area contributed by atoms with E-state index in [0.717, 1.165) is 11.4 Å². The Morgan fingerprint density at radius 3 is 2.00 bits per heavy atom. The average molecular weight is 168 g/mol. The summed E-state index contributed by atoms with van der Waals surface area (Å²) in [5.41, 5.74) is 2.17. The number of rotatable bonds is 0. The highest BCUT2D eigenvalue weighted by atomic mass is 16.1. The number of hydrogen-bond donors (Lipinski definition) is 1. The molecule has 0 bridgehead atoms.